The molecule has 0 spiro atoms. The molecule has 0 radical (unpaired) electrons. The van der Waals surface area contributed by atoms with Crippen LogP contribution in [0.2, 0.25) is 0 Å². The number of likely N-dealkylation sites (tertiary alicyclic amines) is 1. The summed E-state index contributed by atoms with van der Waals surface area (Å²) in [6, 6.07) is 12.4. The number of hydrogen-bond acceptors (Lipinski definition) is 5. The molecule has 3 aromatic rings. The molecule has 1 fully saturated rings. The van der Waals surface area contributed by atoms with Gasteiger partial charge in [-0.1, -0.05) is 31.3 Å². The number of thiazole rings is 1. The Morgan fingerprint density at radius 1 is 1.24 bits per heavy atom. The van der Waals surface area contributed by atoms with E-state index in [0.717, 1.165) is 33.5 Å². The van der Waals surface area contributed by atoms with Gasteiger partial charge in [0.05, 0.1) is 10.2 Å². The molecule has 1 aliphatic rings. The quantitative estimate of drug-likeness (QED) is 0.493. The van der Waals surface area contributed by atoms with Crippen LogP contribution in [0.15, 0.2) is 47.4 Å². The lowest BCUT2D eigenvalue weighted by Crippen LogP contribution is -2.41. The van der Waals surface area contributed by atoms with Crippen LogP contribution in [0.25, 0.3) is 10.2 Å². The topological polar surface area (TPSA) is 42.4 Å². The van der Waals surface area contributed by atoms with Crippen LogP contribution in [0, 0.1) is 5.82 Å². The Hall–Kier alpha value is -2.12. The molecule has 0 N–H and O–H groups in total. The number of ether oxygens (including phenoxy) is 1. The number of hydrogen-bond donors (Lipinski definition) is 0. The Kier molecular flexibility index (Phi) is 6.06. The number of aromatic nitrogens is 1. The van der Waals surface area contributed by atoms with Crippen molar-refractivity contribution < 1.29 is 13.9 Å². The van der Waals surface area contributed by atoms with Crippen LogP contribution in [0.4, 0.5) is 4.39 Å². The van der Waals surface area contributed by atoms with E-state index in [1.165, 1.54) is 23.5 Å². The minimum absolute atomic E-state index is 0.0206. The Bertz CT molecular complexity index is 1010. The molecule has 2 heterocycles. The summed E-state index contributed by atoms with van der Waals surface area (Å²) < 4.78 is 20.2. The highest BCUT2D eigenvalue weighted by molar-refractivity contribution is 7.99. The highest BCUT2D eigenvalue weighted by Crippen LogP contribution is 2.30. The predicted molar refractivity (Wildman–Crippen MR) is 117 cm³/mol. The Morgan fingerprint density at radius 2 is 2.03 bits per heavy atom. The van der Waals surface area contributed by atoms with E-state index in [-0.39, 0.29) is 17.8 Å². The molecule has 1 aliphatic heterocycles. The summed E-state index contributed by atoms with van der Waals surface area (Å²) in [6.45, 7) is 5.60. The van der Waals surface area contributed by atoms with E-state index in [2.05, 4.69) is 18.8 Å². The second kappa shape index (κ2) is 8.71. The fraction of sp³-hybridized carbons (Fsp3) is 0.364. The fourth-order valence-electron chi connectivity index (χ4n) is 3.40. The molecule has 2 aromatic carbocycles. The monoisotopic (exact) mass is 430 g/mol. The van der Waals surface area contributed by atoms with Crippen LogP contribution >= 0.6 is 23.1 Å². The number of thioether (sulfide) groups is 1. The third-order valence-electron chi connectivity index (χ3n) is 4.78. The third kappa shape index (κ3) is 4.90. The van der Waals surface area contributed by atoms with Gasteiger partial charge in [0, 0.05) is 41.6 Å². The summed E-state index contributed by atoms with van der Waals surface area (Å²) >= 11 is 3.12. The maximum atomic E-state index is 13.3. The predicted octanol–water partition coefficient (Wildman–Crippen LogP) is 5.62. The van der Waals surface area contributed by atoms with Crippen molar-refractivity contribution in [2.24, 2.45) is 0 Å². The second-order valence-corrected chi connectivity index (χ2v) is 10.0. The zero-order chi connectivity index (χ0) is 20.4. The summed E-state index contributed by atoms with van der Waals surface area (Å²) in [5.41, 5.74) is 1.49. The molecule has 1 aromatic heterocycles. The molecular weight excluding hydrogens is 407 g/mol. The number of nitrogens with zero attached hydrogens (tertiary/aromatic N) is 2. The molecule has 152 valence electrons. The first-order chi connectivity index (χ1) is 14.0. The van der Waals surface area contributed by atoms with Gasteiger partial charge in [-0.2, -0.15) is 0 Å². The largest absolute Gasteiger partial charge is 0.467 e. The second-order valence-electron chi connectivity index (χ2n) is 7.40. The maximum absolute atomic E-state index is 13.3. The number of halogens is 1. The van der Waals surface area contributed by atoms with Crippen molar-refractivity contribution in [3.63, 3.8) is 0 Å². The molecular formula is C22H23FN2O2S2. The third-order valence-corrected chi connectivity index (χ3v) is 6.69. The van der Waals surface area contributed by atoms with Gasteiger partial charge in [0.2, 0.25) is 0 Å². The number of fused-ring (bicyclic) bond motifs is 1. The Labute approximate surface area is 178 Å². The van der Waals surface area contributed by atoms with Crippen LogP contribution in [-0.2, 0) is 0 Å². The summed E-state index contributed by atoms with van der Waals surface area (Å²) in [5, 5.41) is 1.04. The zero-order valence-electron chi connectivity index (χ0n) is 16.4. The molecule has 4 nitrogen and oxygen atoms in total. The van der Waals surface area contributed by atoms with Crippen molar-refractivity contribution in [2.45, 2.75) is 42.9 Å². The van der Waals surface area contributed by atoms with E-state index in [1.807, 2.05) is 29.2 Å². The molecule has 0 bridgehead atoms. The average molecular weight is 431 g/mol. The van der Waals surface area contributed by atoms with Crippen molar-refractivity contribution in [1.82, 2.24) is 9.88 Å². The number of rotatable bonds is 5. The summed E-state index contributed by atoms with van der Waals surface area (Å²) in [5.74, 6) is -0.194. The van der Waals surface area contributed by atoms with Crippen molar-refractivity contribution in [3.05, 3.63) is 53.8 Å². The van der Waals surface area contributed by atoms with Gasteiger partial charge >= 0.3 is 0 Å². The van der Waals surface area contributed by atoms with Gasteiger partial charge in [-0.05, 0) is 36.4 Å². The average Bonchev–Trinajstić information content (AvgIpc) is 3.09. The van der Waals surface area contributed by atoms with Gasteiger partial charge in [0.1, 0.15) is 11.9 Å². The first kappa shape index (κ1) is 20.2. The lowest BCUT2D eigenvalue weighted by atomic mass is 10.1. The molecule has 7 heteroatoms. The van der Waals surface area contributed by atoms with Gasteiger partial charge in [-0.25, -0.2) is 9.37 Å². The van der Waals surface area contributed by atoms with E-state index < -0.39 is 0 Å². The highest BCUT2D eigenvalue weighted by Gasteiger charge is 2.25. The lowest BCUT2D eigenvalue weighted by Gasteiger charge is -2.31. The molecule has 29 heavy (non-hydrogen) atoms. The minimum atomic E-state index is -0.268. The van der Waals surface area contributed by atoms with E-state index in [4.69, 9.17) is 4.74 Å². The highest BCUT2D eigenvalue weighted by atomic mass is 32.2. The van der Waals surface area contributed by atoms with Crippen LogP contribution in [0.1, 0.15) is 37.0 Å². The van der Waals surface area contributed by atoms with Gasteiger partial charge < -0.3 is 9.64 Å². The standard InChI is InChI=1S/C22H23FN2O2S2/c1-14(2)28-18-5-3-4-15(12-18)21(26)25-10-8-17(9-11-25)27-22-24-19-7-6-16(23)13-20(19)29-22/h3-7,12-14,17H,8-11H2,1-2H3. The van der Waals surface area contributed by atoms with Crippen LogP contribution < -0.4 is 4.74 Å². The van der Waals surface area contributed by atoms with Crippen molar-refractivity contribution in [3.8, 4) is 5.19 Å². The molecule has 0 atom stereocenters. The van der Waals surface area contributed by atoms with Crippen LogP contribution in [-0.4, -0.2) is 40.2 Å². The maximum Gasteiger partial charge on any atom is 0.274 e. The number of carbonyl (C=O) groups excluding carboxylic acids is 1. The lowest BCUT2D eigenvalue weighted by molar-refractivity contribution is 0.0595. The van der Waals surface area contributed by atoms with Gasteiger partial charge in [-0.3, -0.25) is 4.79 Å². The smallest absolute Gasteiger partial charge is 0.274 e. The van der Waals surface area contributed by atoms with Crippen molar-refractivity contribution in [2.75, 3.05) is 13.1 Å². The first-order valence-corrected chi connectivity index (χ1v) is 11.5. The van der Waals surface area contributed by atoms with Crippen molar-refractivity contribution in [1.29, 1.82) is 0 Å². The SMILES string of the molecule is CC(C)Sc1cccc(C(=O)N2CCC(Oc3nc4ccc(F)cc4s3)CC2)c1. The van der Waals surface area contributed by atoms with E-state index in [1.54, 1.807) is 17.8 Å². The van der Waals surface area contributed by atoms with Crippen molar-refractivity contribution >= 4 is 39.2 Å². The number of amides is 1. The van der Waals surface area contributed by atoms with Gasteiger partial charge in [-0.15, -0.1) is 11.8 Å². The first-order valence-electron chi connectivity index (χ1n) is 9.76. The molecule has 1 saturated heterocycles. The molecule has 0 unspecified atom stereocenters. The minimum Gasteiger partial charge on any atom is -0.467 e. The Balaban J connectivity index is 1.35. The van der Waals surface area contributed by atoms with Crippen LogP contribution in [0.5, 0.6) is 5.19 Å². The summed E-state index contributed by atoms with van der Waals surface area (Å²) in [6.07, 6.45) is 1.54. The zero-order valence-corrected chi connectivity index (χ0v) is 18.1. The van der Waals surface area contributed by atoms with E-state index in [9.17, 15) is 9.18 Å². The van der Waals surface area contributed by atoms with E-state index in [0.29, 0.717) is 23.5 Å². The summed E-state index contributed by atoms with van der Waals surface area (Å²) in [7, 11) is 0. The fourth-order valence-corrected chi connectivity index (χ4v) is 5.21. The summed E-state index contributed by atoms with van der Waals surface area (Å²) in [4.78, 5) is 20.3. The van der Waals surface area contributed by atoms with Gasteiger partial charge in [0.15, 0.2) is 0 Å². The van der Waals surface area contributed by atoms with Gasteiger partial charge in [0.25, 0.3) is 11.1 Å². The normalized spacial score (nSPS) is 15.2. The number of benzene rings is 2. The Morgan fingerprint density at radius 3 is 2.79 bits per heavy atom. The molecule has 4 rings (SSSR count). The molecule has 1 amide bonds. The van der Waals surface area contributed by atoms with Crippen LogP contribution in [0.3, 0.4) is 0 Å². The molecule has 0 saturated carbocycles. The number of piperidine rings is 1. The van der Waals surface area contributed by atoms with E-state index >= 15 is 0 Å². The molecule has 0 aliphatic carbocycles. The number of carbonyl (C=O) groups is 1.